The van der Waals surface area contributed by atoms with Crippen LogP contribution in [0.15, 0.2) is 146 Å². The highest BCUT2D eigenvalue weighted by atomic mass is 31.2. The lowest BCUT2D eigenvalue weighted by atomic mass is 10.0. The Kier molecular flexibility index (Phi) is 72.4. The third-order valence-corrected chi connectivity index (χ3v) is 18.2. The zero-order valence-electron chi connectivity index (χ0n) is 64.9. The Morgan fingerprint density at radius 3 is 0.788 bits per heavy atom. The van der Waals surface area contributed by atoms with Crippen LogP contribution in [0.2, 0.25) is 0 Å². The summed E-state index contributed by atoms with van der Waals surface area (Å²) < 4.78 is 68.6. The van der Waals surface area contributed by atoms with Crippen LogP contribution in [0, 0.1) is 0 Å². The minimum Gasteiger partial charge on any atom is -0.462 e. The van der Waals surface area contributed by atoms with Crippen LogP contribution < -0.4 is 0 Å². The normalized spacial score (nSPS) is 14.6. The molecule has 0 heterocycles. The maximum atomic E-state index is 13.1. The van der Waals surface area contributed by atoms with Gasteiger partial charge in [0.25, 0.3) is 0 Å². The number of ether oxygens (including phenoxy) is 4. The number of phosphoric ester groups is 2. The van der Waals surface area contributed by atoms with Crippen molar-refractivity contribution in [2.24, 2.45) is 0 Å². The van der Waals surface area contributed by atoms with E-state index in [0.717, 1.165) is 180 Å². The van der Waals surface area contributed by atoms with Crippen LogP contribution >= 0.6 is 15.6 Å². The van der Waals surface area contributed by atoms with Crippen LogP contribution in [0.4, 0.5) is 0 Å². The Hall–Kier alpha value is -5.06. The molecule has 0 aromatic carbocycles. The van der Waals surface area contributed by atoms with Gasteiger partial charge in [-0.15, -0.1) is 0 Å². The number of hydrogen-bond acceptors (Lipinski definition) is 15. The van der Waals surface area contributed by atoms with Crippen molar-refractivity contribution in [1.29, 1.82) is 0 Å². The number of hydrogen-bond donors (Lipinski definition) is 3. The molecule has 104 heavy (non-hydrogen) atoms. The predicted molar refractivity (Wildman–Crippen MR) is 427 cm³/mol. The van der Waals surface area contributed by atoms with Crippen molar-refractivity contribution in [3.8, 4) is 0 Å². The zero-order chi connectivity index (χ0) is 76.0. The smallest absolute Gasteiger partial charge is 0.462 e. The molecule has 0 fully saturated rings. The van der Waals surface area contributed by atoms with Gasteiger partial charge in [-0.1, -0.05) is 289 Å². The molecule has 0 aliphatic heterocycles. The predicted octanol–water partition coefficient (Wildman–Crippen LogP) is 23.4. The lowest BCUT2D eigenvalue weighted by Crippen LogP contribution is -2.30. The van der Waals surface area contributed by atoms with Crippen LogP contribution in [-0.4, -0.2) is 96.7 Å². The van der Waals surface area contributed by atoms with Crippen LogP contribution in [-0.2, 0) is 65.4 Å². The molecule has 0 amide bonds. The van der Waals surface area contributed by atoms with Gasteiger partial charge in [0, 0.05) is 25.7 Å². The lowest BCUT2D eigenvalue weighted by molar-refractivity contribution is -0.161. The molecule has 0 saturated heterocycles. The number of carbonyl (C=O) groups excluding carboxylic acids is 4. The fourth-order valence-electron chi connectivity index (χ4n) is 10.3. The van der Waals surface area contributed by atoms with E-state index in [2.05, 4.69) is 174 Å². The molecule has 0 aromatic heterocycles. The molecule has 5 atom stereocenters. The van der Waals surface area contributed by atoms with Crippen molar-refractivity contribution in [3.63, 3.8) is 0 Å². The van der Waals surface area contributed by atoms with Gasteiger partial charge >= 0.3 is 39.5 Å². The first-order chi connectivity index (χ1) is 50.7. The van der Waals surface area contributed by atoms with Crippen molar-refractivity contribution >= 4 is 39.5 Å². The van der Waals surface area contributed by atoms with Gasteiger partial charge in [0.2, 0.25) is 0 Å². The van der Waals surface area contributed by atoms with Crippen molar-refractivity contribution in [2.45, 2.75) is 329 Å². The van der Waals surface area contributed by atoms with E-state index >= 15 is 0 Å². The number of phosphoric acid groups is 2. The molecule has 0 spiro atoms. The second kappa shape index (κ2) is 76.1. The van der Waals surface area contributed by atoms with E-state index in [-0.39, 0.29) is 25.7 Å². The molecule has 0 bridgehead atoms. The van der Waals surface area contributed by atoms with E-state index in [0.29, 0.717) is 25.7 Å². The van der Waals surface area contributed by atoms with Crippen LogP contribution in [0.5, 0.6) is 0 Å². The molecule has 0 radical (unpaired) electrons. The zero-order valence-corrected chi connectivity index (χ0v) is 66.7. The van der Waals surface area contributed by atoms with Gasteiger partial charge in [-0.2, -0.15) is 0 Å². The number of unbranched alkanes of at least 4 members (excludes halogenated alkanes) is 24. The molecule has 0 aromatic rings. The van der Waals surface area contributed by atoms with Gasteiger partial charge in [0.1, 0.15) is 19.3 Å². The highest BCUT2D eigenvalue weighted by molar-refractivity contribution is 7.47. The number of allylic oxidation sites excluding steroid dienone is 24. The SMILES string of the molecule is CC/C=C\C/C=C\C/C=C\C/C=C\CCCCCCCCC(=O)OCC(COP(=O)(O)OCC(O)COP(=O)(O)OCC(COC(=O)CCCC/C=C\C/C=C\C/C=C\C/C=C\CC)OC(=O)CCCCCCCCCCCCCCC)OC(=O)CCCCCC/C=C\C/C=C\C/C=C\C/C=C\CC. The molecule has 19 heteroatoms. The average Bonchev–Trinajstić information content (AvgIpc) is 0.911. The number of esters is 4. The van der Waals surface area contributed by atoms with E-state index in [9.17, 15) is 43.2 Å². The fraction of sp³-hybridized carbons (Fsp3) is 0.671. The maximum absolute atomic E-state index is 13.1. The first kappa shape index (κ1) is 98.9. The molecule has 0 aliphatic carbocycles. The molecule has 17 nitrogen and oxygen atoms in total. The molecular formula is C85H142O17P2. The van der Waals surface area contributed by atoms with Gasteiger partial charge in [-0.25, -0.2) is 9.13 Å². The lowest BCUT2D eigenvalue weighted by Gasteiger charge is -2.21. The van der Waals surface area contributed by atoms with E-state index in [1.54, 1.807) is 0 Å². The quantitative estimate of drug-likeness (QED) is 0.0169. The topological polar surface area (TPSA) is 237 Å². The van der Waals surface area contributed by atoms with E-state index < -0.39 is 97.5 Å². The van der Waals surface area contributed by atoms with Crippen LogP contribution in [0.1, 0.15) is 310 Å². The summed E-state index contributed by atoms with van der Waals surface area (Å²) in [6.07, 6.45) is 86.8. The molecule has 594 valence electrons. The molecule has 0 aliphatic rings. The van der Waals surface area contributed by atoms with Gasteiger partial charge in [0.05, 0.1) is 26.4 Å². The summed E-state index contributed by atoms with van der Waals surface area (Å²) >= 11 is 0. The van der Waals surface area contributed by atoms with E-state index in [1.165, 1.54) is 51.4 Å². The highest BCUT2D eigenvalue weighted by Gasteiger charge is 2.30. The molecule has 3 N–H and O–H groups in total. The van der Waals surface area contributed by atoms with E-state index in [4.69, 9.17) is 37.0 Å². The summed E-state index contributed by atoms with van der Waals surface area (Å²) in [5.74, 6) is -2.26. The van der Waals surface area contributed by atoms with Gasteiger partial charge in [0.15, 0.2) is 12.2 Å². The van der Waals surface area contributed by atoms with Gasteiger partial charge < -0.3 is 33.8 Å². The second-order valence-electron chi connectivity index (χ2n) is 26.2. The monoisotopic (exact) mass is 1500 g/mol. The summed E-state index contributed by atoms with van der Waals surface area (Å²) in [6, 6.07) is 0. The average molecular weight is 1500 g/mol. The Balaban J connectivity index is 5.42. The molecule has 0 rings (SSSR count). The molecule has 5 unspecified atom stereocenters. The molecular weight excluding hydrogens is 1350 g/mol. The Morgan fingerprint density at radius 1 is 0.279 bits per heavy atom. The van der Waals surface area contributed by atoms with E-state index in [1.807, 2.05) is 0 Å². The first-order valence-corrected chi connectivity index (χ1v) is 43.1. The minimum absolute atomic E-state index is 0.0587. The van der Waals surface area contributed by atoms with Crippen molar-refractivity contribution in [1.82, 2.24) is 0 Å². The fourth-order valence-corrected chi connectivity index (χ4v) is 11.9. The first-order valence-electron chi connectivity index (χ1n) is 40.1. The maximum Gasteiger partial charge on any atom is 0.472 e. The number of rotatable bonds is 74. The van der Waals surface area contributed by atoms with Gasteiger partial charge in [-0.05, 0) is 141 Å². The largest absolute Gasteiger partial charge is 0.472 e. The molecule has 0 saturated carbocycles. The third-order valence-electron chi connectivity index (χ3n) is 16.3. The van der Waals surface area contributed by atoms with Gasteiger partial charge in [-0.3, -0.25) is 37.3 Å². The number of aliphatic hydroxyl groups excluding tert-OH is 1. The van der Waals surface area contributed by atoms with Crippen LogP contribution in [0.25, 0.3) is 0 Å². The Bertz CT molecular complexity index is 2540. The van der Waals surface area contributed by atoms with Crippen molar-refractivity contribution in [3.05, 3.63) is 146 Å². The van der Waals surface area contributed by atoms with Crippen molar-refractivity contribution in [2.75, 3.05) is 39.6 Å². The standard InChI is InChI=1S/C85H142O17P2/c1-5-9-13-17-21-25-29-33-36-38-39-41-43-47-50-54-58-62-66-70-83(88)96-76-81(102-85(90)72-68-64-60-56-52-48-44-40-37-34-30-26-22-18-14-10-6-2)78-100-104(93,94)98-74-79(86)73-97-103(91,92)99-77-80(101-84(89)71-67-63-59-55-51-45-32-28-24-20-16-12-8-4)75-95-82(87)69-65-61-57-53-49-46-42-35-31-27-23-19-15-11-7-3/h9-11,13-15,21-23,25-27,33-37,39,41-42,44,48-49,53,79-81,86H,5-8,12,16-20,24,28-32,38,40,43,45-47,50-52,54-78H2,1-4H3,(H,91,92)(H,93,94)/b13-9-,14-10-,15-11-,25-21-,26-22-,27-23-,36-33-,37-34-,41-39-,42-35-,48-44-,53-49-. The highest BCUT2D eigenvalue weighted by Crippen LogP contribution is 2.45. The summed E-state index contributed by atoms with van der Waals surface area (Å²) in [7, 11) is -9.99. The minimum atomic E-state index is -5.00. The number of aliphatic hydroxyl groups is 1. The Morgan fingerprint density at radius 2 is 0.500 bits per heavy atom. The summed E-state index contributed by atoms with van der Waals surface area (Å²) in [5.41, 5.74) is 0. The Labute approximate surface area is 630 Å². The summed E-state index contributed by atoms with van der Waals surface area (Å²) in [4.78, 5) is 73.0. The number of carbonyl (C=O) groups is 4. The summed E-state index contributed by atoms with van der Waals surface area (Å²) in [5, 5.41) is 10.6. The third kappa shape index (κ3) is 75.2. The second-order valence-corrected chi connectivity index (χ2v) is 29.1. The van der Waals surface area contributed by atoms with Crippen molar-refractivity contribution < 1.29 is 80.2 Å². The summed E-state index contributed by atoms with van der Waals surface area (Å²) in [6.45, 7) is 4.45. The van der Waals surface area contributed by atoms with Crippen LogP contribution in [0.3, 0.4) is 0 Å².